The first kappa shape index (κ1) is 10.4. The number of rotatable bonds is 4. The number of hydrogen-bond acceptors (Lipinski definition) is 3. The van der Waals surface area contributed by atoms with Crippen LogP contribution in [0.1, 0.15) is 26.2 Å². The van der Waals surface area contributed by atoms with Gasteiger partial charge in [0, 0.05) is 25.0 Å². The van der Waals surface area contributed by atoms with Crippen LogP contribution in [0.25, 0.3) is 0 Å². The minimum absolute atomic E-state index is 0.442. The van der Waals surface area contributed by atoms with Crippen molar-refractivity contribution in [3.8, 4) is 0 Å². The lowest BCUT2D eigenvalue weighted by Crippen LogP contribution is -2.22. The summed E-state index contributed by atoms with van der Waals surface area (Å²) in [5, 5.41) is 3.43. The molecule has 1 aliphatic heterocycles. The first-order chi connectivity index (χ1) is 7.34. The zero-order valence-corrected chi connectivity index (χ0v) is 9.15. The molecule has 2 heterocycles. The second kappa shape index (κ2) is 5.12. The van der Waals surface area contributed by atoms with E-state index in [0.29, 0.717) is 12.1 Å². The van der Waals surface area contributed by atoms with E-state index in [1.54, 1.807) is 6.20 Å². The van der Waals surface area contributed by atoms with E-state index in [1.165, 1.54) is 12.8 Å². The third kappa shape index (κ3) is 3.20. The zero-order chi connectivity index (χ0) is 10.5. The van der Waals surface area contributed by atoms with E-state index >= 15 is 0 Å². The third-order valence-corrected chi connectivity index (χ3v) is 2.72. The van der Waals surface area contributed by atoms with Crippen LogP contribution >= 0.6 is 0 Å². The van der Waals surface area contributed by atoms with Crippen LogP contribution in [0.3, 0.4) is 0 Å². The highest BCUT2D eigenvalue weighted by molar-refractivity contribution is 5.40. The van der Waals surface area contributed by atoms with Gasteiger partial charge in [0.2, 0.25) is 0 Å². The van der Waals surface area contributed by atoms with Crippen molar-refractivity contribution in [2.24, 2.45) is 0 Å². The molecule has 0 radical (unpaired) electrons. The van der Waals surface area contributed by atoms with Crippen LogP contribution in [0.2, 0.25) is 0 Å². The van der Waals surface area contributed by atoms with Crippen LogP contribution < -0.4 is 5.32 Å². The molecular weight excluding hydrogens is 188 g/mol. The number of hydrogen-bond donors (Lipinski definition) is 1. The maximum Gasteiger partial charge on any atom is 0.0595 e. The predicted molar refractivity (Wildman–Crippen MR) is 60.9 cm³/mol. The SMILES string of the molecule is CC(CC1CCCO1)Nc1cccnc1. The molecule has 1 aromatic heterocycles. The quantitative estimate of drug-likeness (QED) is 0.821. The fourth-order valence-electron chi connectivity index (χ4n) is 2.02. The van der Waals surface area contributed by atoms with E-state index in [9.17, 15) is 0 Å². The highest BCUT2D eigenvalue weighted by Crippen LogP contribution is 2.18. The molecule has 0 saturated carbocycles. The molecule has 2 rings (SSSR count). The Kier molecular flexibility index (Phi) is 3.56. The maximum absolute atomic E-state index is 5.61. The topological polar surface area (TPSA) is 34.1 Å². The van der Waals surface area contributed by atoms with Crippen molar-refractivity contribution in [2.45, 2.75) is 38.3 Å². The molecule has 1 saturated heterocycles. The first-order valence-electron chi connectivity index (χ1n) is 5.63. The summed E-state index contributed by atoms with van der Waals surface area (Å²) in [5.74, 6) is 0. The third-order valence-electron chi connectivity index (χ3n) is 2.72. The van der Waals surface area contributed by atoms with E-state index in [0.717, 1.165) is 18.7 Å². The van der Waals surface area contributed by atoms with Crippen molar-refractivity contribution >= 4 is 5.69 Å². The molecule has 1 fully saturated rings. The Hall–Kier alpha value is -1.09. The molecule has 2 atom stereocenters. The van der Waals surface area contributed by atoms with Gasteiger partial charge in [-0.2, -0.15) is 0 Å². The van der Waals surface area contributed by atoms with E-state index in [4.69, 9.17) is 4.74 Å². The van der Waals surface area contributed by atoms with Gasteiger partial charge in [0.05, 0.1) is 11.8 Å². The monoisotopic (exact) mass is 206 g/mol. The second-order valence-corrected chi connectivity index (χ2v) is 4.16. The average molecular weight is 206 g/mol. The highest BCUT2D eigenvalue weighted by Gasteiger charge is 2.18. The Morgan fingerprint density at radius 1 is 1.67 bits per heavy atom. The summed E-state index contributed by atoms with van der Waals surface area (Å²) < 4.78 is 5.61. The summed E-state index contributed by atoms with van der Waals surface area (Å²) in [6.45, 7) is 3.12. The lowest BCUT2D eigenvalue weighted by Gasteiger charge is -2.18. The van der Waals surface area contributed by atoms with E-state index in [-0.39, 0.29) is 0 Å². The minimum Gasteiger partial charge on any atom is -0.381 e. The largest absolute Gasteiger partial charge is 0.381 e. The van der Waals surface area contributed by atoms with Crippen molar-refractivity contribution in [3.05, 3.63) is 24.5 Å². The van der Waals surface area contributed by atoms with Gasteiger partial charge in [0.1, 0.15) is 0 Å². The fraction of sp³-hybridized carbons (Fsp3) is 0.583. The summed E-state index contributed by atoms with van der Waals surface area (Å²) in [6, 6.07) is 4.43. The molecule has 0 spiro atoms. The molecule has 82 valence electrons. The molecule has 0 amide bonds. The normalized spacial score (nSPS) is 22.6. The highest BCUT2D eigenvalue weighted by atomic mass is 16.5. The van der Waals surface area contributed by atoms with E-state index in [2.05, 4.69) is 17.2 Å². The molecule has 0 aromatic carbocycles. The van der Waals surface area contributed by atoms with Gasteiger partial charge in [-0.25, -0.2) is 0 Å². The van der Waals surface area contributed by atoms with E-state index < -0.39 is 0 Å². The number of nitrogens with zero attached hydrogens (tertiary/aromatic N) is 1. The van der Waals surface area contributed by atoms with Crippen LogP contribution in [0.5, 0.6) is 0 Å². The maximum atomic E-state index is 5.61. The standard InChI is InChI=1S/C12H18N2O/c1-10(8-12-5-3-7-15-12)14-11-4-2-6-13-9-11/h2,4,6,9-10,12,14H,3,5,7-8H2,1H3. The molecule has 0 aliphatic carbocycles. The van der Waals surface area contributed by atoms with Gasteiger partial charge in [0.25, 0.3) is 0 Å². The van der Waals surface area contributed by atoms with Crippen molar-refractivity contribution in [3.63, 3.8) is 0 Å². The van der Waals surface area contributed by atoms with Crippen LogP contribution in [0.4, 0.5) is 5.69 Å². The second-order valence-electron chi connectivity index (χ2n) is 4.16. The van der Waals surface area contributed by atoms with Crippen molar-refractivity contribution in [1.29, 1.82) is 0 Å². The number of anilines is 1. The molecular formula is C12H18N2O. The lowest BCUT2D eigenvalue weighted by molar-refractivity contribution is 0.101. The molecule has 1 N–H and O–H groups in total. The van der Waals surface area contributed by atoms with Crippen molar-refractivity contribution in [1.82, 2.24) is 4.98 Å². The fourth-order valence-corrected chi connectivity index (χ4v) is 2.02. The van der Waals surface area contributed by atoms with Crippen LogP contribution in [-0.2, 0) is 4.74 Å². The summed E-state index contributed by atoms with van der Waals surface area (Å²) in [6.07, 6.45) is 7.59. The van der Waals surface area contributed by atoms with Gasteiger partial charge in [-0.15, -0.1) is 0 Å². The Bertz CT molecular complexity index is 283. The van der Waals surface area contributed by atoms with E-state index in [1.807, 2.05) is 18.3 Å². The molecule has 0 bridgehead atoms. The molecule has 2 unspecified atom stereocenters. The Morgan fingerprint density at radius 3 is 3.27 bits per heavy atom. The van der Waals surface area contributed by atoms with Gasteiger partial charge in [-0.3, -0.25) is 4.98 Å². The molecule has 1 aromatic rings. The smallest absolute Gasteiger partial charge is 0.0595 e. The first-order valence-corrected chi connectivity index (χ1v) is 5.63. The molecule has 1 aliphatic rings. The van der Waals surface area contributed by atoms with Crippen LogP contribution in [0, 0.1) is 0 Å². The predicted octanol–water partition coefficient (Wildman–Crippen LogP) is 2.45. The number of ether oxygens (including phenoxy) is 1. The Morgan fingerprint density at radius 2 is 2.60 bits per heavy atom. The van der Waals surface area contributed by atoms with Gasteiger partial charge in [-0.05, 0) is 38.3 Å². The number of aromatic nitrogens is 1. The van der Waals surface area contributed by atoms with Crippen LogP contribution in [-0.4, -0.2) is 23.7 Å². The summed E-state index contributed by atoms with van der Waals surface area (Å²) in [7, 11) is 0. The summed E-state index contributed by atoms with van der Waals surface area (Å²) in [5.41, 5.74) is 1.09. The molecule has 15 heavy (non-hydrogen) atoms. The van der Waals surface area contributed by atoms with Crippen LogP contribution in [0.15, 0.2) is 24.5 Å². The Balaban J connectivity index is 1.79. The molecule has 3 heteroatoms. The summed E-state index contributed by atoms with van der Waals surface area (Å²) >= 11 is 0. The zero-order valence-electron chi connectivity index (χ0n) is 9.15. The van der Waals surface area contributed by atoms with Gasteiger partial charge < -0.3 is 10.1 Å². The Labute approximate surface area is 90.9 Å². The van der Waals surface area contributed by atoms with Gasteiger partial charge >= 0.3 is 0 Å². The van der Waals surface area contributed by atoms with Crippen molar-refractivity contribution in [2.75, 3.05) is 11.9 Å². The van der Waals surface area contributed by atoms with Gasteiger partial charge in [0.15, 0.2) is 0 Å². The summed E-state index contributed by atoms with van der Waals surface area (Å²) in [4.78, 5) is 4.08. The average Bonchev–Trinajstić information content (AvgIpc) is 2.71. The number of nitrogens with one attached hydrogen (secondary N) is 1. The minimum atomic E-state index is 0.442. The molecule has 3 nitrogen and oxygen atoms in total. The van der Waals surface area contributed by atoms with Gasteiger partial charge in [-0.1, -0.05) is 0 Å². The van der Waals surface area contributed by atoms with Crippen molar-refractivity contribution < 1.29 is 4.74 Å². The lowest BCUT2D eigenvalue weighted by atomic mass is 10.1. The number of pyridine rings is 1.